The fourth-order valence-electron chi connectivity index (χ4n) is 2.46. The predicted octanol–water partition coefficient (Wildman–Crippen LogP) is 1.63. The average molecular weight is 354 g/mol. The summed E-state index contributed by atoms with van der Waals surface area (Å²) in [5.41, 5.74) is -2.42. The van der Waals surface area contributed by atoms with Crippen LogP contribution in [0.4, 0.5) is 13.2 Å². The molecule has 2 aromatic rings. The van der Waals surface area contributed by atoms with Crippen molar-refractivity contribution in [2.45, 2.75) is 25.6 Å². The van der Waals surface area contributed by atoms with Crippen LogP contribution in [0.15, 0.2) is 12.1 Å². The van der Waals surface area contributed by atoms with Gasteiger partial charge in [0.25, 0.3) is 5.91 Å². The number of halogens is 3. The van der Waals surface area contributed by atoms with E-state index < -0.39 is 23.3 Å². The maximum atomic E-state index is 13.1. The minimum Gasteiger partial charge on any atom is -0.331 e. The smallest absolute Gasteiger partial charge is 0.331 e. The highest BCUT2D eigenvalue weighted by Crippen LogP contribution is 2.29. The number of aryl methyl sites for hydroxylation is 1. The molecular weight excluding hydrogens is 337 g/mol. The van der Waals surface area contributed by atoms with Crippen molar-refractivity contribution in [2.75, 3.05) is 20.6 Å². The van der Waals surface area contributed by atoms with Crippen molar-refractivity contribution >= 4 is 11.6 Å². The Morgan fingerprint density at radius 3 is 2.56 bits per heavy atom. The number of aromatic nitrogens is 3. The van der Waals surface area contributed by atoms with E-state index >= 15 is 0 Å². The van der Waals surface area contributed by atoms with Gasteiger partial charge in [0.15, 0.2) is 11.3 Å². The van der Waals surface area contributed by atoms with Crippen LogP contribution in [0.3, 0.4) is 0 Å². The van der Waals surface area contributed by atoms with Crippen LogP contribution in [-0.4, -0.2) is 51.6 Å². The largest absolute Gasteiger partial charge is 0.433 e. The highest BCUT2D eigenvalue weighted by molar-refractivity contribution is 5.94. The molecule has 1 atom stereocenters. The molecule has 0 spiro atoms. The maximum Gasteiger partial charge on any atom is 0.433 e. The third-order valence-corrected chi connectivity index (χ3v) is 3.35. The maximum absolute atomic E-state index is 13.1. The number of rotatable bonds is 4. The summed E-state index contributed by atoms with van der Waals surface area (Å²) >= 11 is 0. The Bertz CT molecular complexity index is 851. The lowest BCUT2D eigenvalue weighted by molar-refractivity contribution is -0.142. The van der Waals surface area contributed by atoms with Crippen LogP contribution < -0.4 is 5.32 Å². The van der Waals surface area contributed by atoms with E-state index in [4.69, 9.17) is 0 Å². The fourth-order valence-corrected chi connectivity index (χ4v) is 2.46. The molecule has 0 radical (unpaired) electrons. The lowest BCUT2D eigenvalue weighted by Gasteiger charge is -2.26. The van der Waals surface area contributed by atoms with Crippen LogP contribution in [0, 0.1) is 18.3 Å². The van der Waals surface area contributed by atoms with Gasteiger partial charge in [-0.3, -0.25) is 4.79 Å². The van der Waals surface area contributed by atoms with Gasteiger partial charge in [0, 0.05) is 18.3 Å². The predicted molar refractivity (Wildman–Crippen MR) is 82.8 cm³/mol. The summed E-state index contributed by atoms with van der Waals surface area (Å²) in [6.45, 7) is 3.17. The van der Waals surface area contributed by atoms with Crippen LogP contribution in [0.25, 0.3) is 5.65 Å². The molecule has 0 aliphatic rings. The molecule has 2 rings (SSSR count). The molecule has 1 N–H and O–H groups in total. The minimum absolute atomic E-state index is 0.0938. The Labute approximate surface area is 142 Å². The second kappa shape index (κ2) is 6.33. The van der Waals surface area contributed by atoms with Gasteiger partial charge in [0.05, 0.1) is 6.07 Å². The number of nitrogens with zero attached hydrogens (tertiary/aromatic N) is 5. The Kier molecular flexibility index (Phi) is 4.72. The van der Waals surface area contributed by atoms with Crippen LogP contribution in [0.5, 0.6) is 0 Å². The van der Waals surface area contributed by atoms with E-state index in [2.05, 4.69) is 15.4 Å². The Morgan fingerprint density at radius 1 is 1.40 bits per heavy atom. The van der Waals surface area contributed by atoms with Crippen molar-refractivity contribution in [2.24, 2.45) is 0 Å². The summed E-state index contributed by atoms with van der Waals surface area (Å²) in [7, 11) is 3.46. The van der Waals surface area contributed by atoms with Gasteiger partial charge in [0.1, 0.15) is 11.2 Å². The normalized spacial score (nSPS) is 14.4. The van der Waals surface area contributed by atoms with Gasteiger partial charge >= 0.3 is 6.18 Å². The molecule has 0 aromatic carbocycles. The number of nitriles is 1. The number of hydrogen-bond donors (Lipinski definition) is 1. The first-order valence-corrected chi connectivity index (χ1v) is 7.28. The monoisotopic (exact) mass is 354 g/mol. The van der Waals surface area contributed by atoms with E-state index in [0.717, 1.165) is 12.1 Å². The van der Waals surface area contributed by atoms with E-state index in [9.17, 15) is 23.2 Å². The number of amides is 1. The first-order valence-electron chi connectivity index (χ1n) is 7.28. The molecule has 134 valence electrons. The number of carbonyl (C=O) groups is 1. The van der Waals surface area contributed by atoms with Gasteiger partial charge in [-0.2, -0.15) is 23.5 Å². The summed E-state index contributed by atoms with van der Waals surface area (Å²) in [5.74, 6) is -0.748. The molecule has 2 aromatic heterocycles. The molecule has 25 heavy (non-hydrogen) atoms. The fraction of sp³-hybridized carbons (Fsp3) is 0.467. The van der Waals surface area contributed by atoms with E-state index in [1.165, 1.54) is 13.8 Å². The van der Waals surface area contributed by atoms with Gasteiger partial charge in [-0.1, -0.05) is 0 Å². The molecular formula is C15H17F3N6O. The number of alkyl halides is 3. The number of nitrogens with one attached hydrogen (secondary N) is 1. The summed E-state index contributed by atoms with van der Waals surface area (Å²) in [5, 5.41) is 15.5. The quantitative estimate of drug-likeness (QED) is 0.902. The molecule has 0 saturated heterocycles. The molecule has 0 aliphatic heterocycles. The SMILES string of the molecule is Cc1cc(C(F)(F)F)n2nc(C(=O)NC(C)(C#N)CN(C)C)cc2n1. The second-order valence-electron chi connectivity index (χ2n) is 6.22. The second-order valence-corrected chi connectivity index (χ2v) is 6.22. The van der Waals surface area contributed by atoms with Crippen molar-refractivity contribution in [3.05, 3.63) is 29.2 Å². The third-order valence-electron chi connectivity index (χ3n) is 3.35. The van der Waals surface area contributed by atoms with E-state index in [1.54, 1.807) is 19.0 Å². The van der Waals surface area contributed by atoms with Gasteiger partial charge in [-0.05, 0) is 34.0 Å². The topological polar surface area (TPSA) is 86.3 Å². The lowest BCUT2D eigenvalue weighted by atomic mass is 10.0. The molecule has 0 saturated carbocycles. The van der Waals surface area contributed by atoms with Crippen molar-refractivity contribution < 1.29 is 18.0 Å². The average Bonchev–Trinajstić information content (AvgIpc) is 2.88. The summed E-state index contributed by atoms with van der Waals surface area (Å²) in [6, 6.07) is 4.00. The minimum atomic E-state index is -4.64. The molecule has 0 bridgehead atoms. The zero-order chi connectivity index (χ0) is 19.0. The summed E-state index contributed by atoms with van der Waals surface area (Å²) in [6.07, 6.45) is -4.64. The standard InChI is InChI=1S/C15H17F3N6O/c1-9-5-11(15(16,17)18)24-12(20-9)6-10(22-24)13(25)21-14(2,7-19)8-23(3)4/h5-6H,8H2,1-4H3,(H,21,25). The van der Waals surface area contributed by atoms with Crippen LogP contribution in [-0.2, 0) is 6.18 Å². The lowest BCUT2D eigenvalue weighted by Crippen LogP contribution is -2.51. The number of likely N-dealkylation sites (N-methyl/N-ethyl adjacent to an activating group) is 1. The van der Waals surface area contributed by atoms with Crippen molar-refractivity contribution in [3.63, 3.8) is 0 Å². The van der Waals surface area contributed by atoms with Crippen molar-refractivity contribution in [1.29, 1.82) is 5.26 Å². The molecule has 7 nitrogen and oxygen atoms in total. The Balaban J connectivity index is 2.42. The first kappa shape index (κ1) is 18.7. The first-order chi connectivity index (χ1) is 11.4. The number of hydrogen-bond acceptors (Lipinski definition) is 5. The summed E-state index contributed by atoms with van der Waals surface area (Å²) < 4.78 is 40.0. The van der Waals surface area contributed by atoms with Gasteiger partial charge in [-0.15, -0.1) is 0 Å². The van der Waals surface area contributed by atoms with Crippen molar-refractivity contribution in [1.82, 2.24) is 24.8 Å². The highest BCUT2D eigenvalue weighted by Gasteiger charge is 2.35. The highest BCUT2D eigenvalue weighted by atomic mass is 19.4. The Morgan fingerprint density at radius 2 is 2.04 bits per heavy atom. The van der Waals surface area contributed by atoms with Gasteiger partial charge in [-0.25, -0.2) is 9.50 Å². The molecule has 2 heterocycles. The van der Waals surface area contributed by atoms with Gasteiger partial charge in [0.2, 0.25) is 0 Å². The van der Waals surface area contributed by atoms with Crippen LogP contribution >= 0.6 is 0 Å². The van der Waals surface area contributed by atoms with E-state index in [1.807, 2.05) is 6.07 Å². The zero-order valence-electron chi connectivity index (χ0n) is 14.1. The zero-order valence-corrected chi connectivity index (χ0v) is 14.1. The Hall–Kier alpha value is -2.67. The molecule has 1 unspecified atom stereocenters. The number of carbonyl (C=O) groups excluding carboxylic acids is 1. The van der Waals surface area contributed by atoms with Crippen LogP contribution in [0.2, 0.25) is 0 Å². The summed E-state index contributed by atoms with van der Waals surface area (Å²) in [4.78, 5) is 18.0. The number of fused-ring (bicyclic) bond motifs is 1. The van der Waals surface area contributed by atoms with Crippen molar-refractivity contribution in [3.8, 4) is 6.07 Å². The molecule has 0 fully saturated rings. The molecule has 10 heteroatoms. The van der Waals surface area contributed by atoms with E-state index in [-0.39, 0.29) is 23.6 Å². The molecule has 1 amide bonds. The third kappa shape index (κ3) is 4.06. The van der Waals surface area contributed by atoms with E-state index in [0.29, 0.717) is 4.52 Å². The van der Waals surface area contributed by atoms with Crippen LogP contribution in [0.1, 0.15) is 28.8 Å². The molecule has 0 aliphatic carbocycles. The van der Waals surface area contributed by atoms with Gasteiger partial charge < -0.3 is 10.2 Å².